The SMILES string of the molecule is N#CC1(NC(=O)CNC(c2ccccc2)c2ccccc2)CCCC1. The fourth-order valence-electron chi connectivity index (χ4n) is 3.47. The number of nitrogens with one attached hydrogen (secondary N) is 2. The van der Waals surface area contributed by atoms with Crippen molar-refractivity contribution in [2.24, 2.45) is 0 Å². The van der Waals surface area contributed by atoms with Crippen LogP contribution in [0, 0.1) is 11.3 Å². The van der Waals surface area contributed by atoms with Crippen LogP contribution in [0.5, 0.6) is 0 Å². The molecule has 128 valence electrons. The predicted octanol–water partition coefficient (Wildman–Crippen LogP) is 3.32. The number of amides is 1. The fourth-order valence-corrected chi connectivity index (χ4v) is 3.47. The Labute approximate surface area is 148 Å². The van der Waals surface area contributed by atoms with Crippen LogP contribution in [0.15, 0.2) is 60.7 Å². The first kappa shape index (κ1) is 17.2. The zero-order valence-corrected chi connectivity index (χ0v) is 14.2. The minimum Gasteiger partial charge on any atom is -0.337 e. The molecule has 0 spiro atoms. The van der Waals surface area contributed by atoms with Gasteiger partial charge in [-0.1, -0.05) is 60.7 Å². The smallest absolute Gasteiger partial charge is 0.235 e. The fraction of sp³-hybridized carbons (Fsp3) is 0.333. The molecular weight excluding hydrogens is 310 g/mol. The third kappa shape index (κ3) is 4.26. The lowest BCUT2D eigenvalue weighted by atomic mass is 9.98. The summed E-state index contributed by atoms with van der Waals surface area (Å²) >= 11 is 0. The highest BCUT2D eigenvalue weighted by molar-refractivity contribution is 5.79. The van der Waals surface area contributed by atoms with Gasteiger partial charge in [0.05, 0.1) is 18.7 Å². The molecule has 1 amide bonds. The van der Waals surface area contributed by atoms with Crippen molar-refractivity contribution in [1.82, 2.24) is 10.6 Å². The Bertz CT molecular complexity index is 691. The number of rotatable bonds is 6. The van der Waals surface area contributed by atoms with Crippen LogP contribution in [0.4, 0.5) is 0 Å². The highest BCUT2D eigenvalue weighted by Crippen LogP contribution is 2.28. The van der Waals surface area contributed by atoms with Crippen LogP contribution in [0.2, 0.25) is 0 Å². The molecule has 2 N–H and O–H groups in total. The number of carbonyl (C=O) groups excluding carboxylic acids is 1. The Morgan fingerprint density at radius 1 is 1.00 bits per heavy atom. The van der Waals surface area contributed by atoms with Crippen LogP contribution in [-0.2, 0) is 4.79 Å². The first-order valence-electron chi connectivity index (χ1n) is 8.78. The highest BCUT2D eigenvalue weighted by Gasteiger charge is 2.35. The van der Waals surface area contributed by atoms with E-state index in [1.165, 1.54) is 0 Å². The lowest BCUT2D eigenvalue weighted by molar-refractivity contribution is -0.121. The topological polar surface area (TPSA) is 64.9 Å². The number of nitrogens with zero attached hydrogens (tertiary/aromatic N) is 1. The number of nitriles is 1. The lowest BCUT2D eigenvalue weighted by Gasteiger charge is -2.24. The van der Waals surface area contributed by atoms with Gasteiger partial charge in [0, 0.05) is 0 Å². The summed E-state index contributed by atoms with van der Waals surface area (Å²) in [6.07, 6.45) is 3.49. The summed E-state index contributed by atoms with van der Waals surface area (Å²) in [5.74, 6) is -0.125. The summed E-state index contributed by atoms with van der Waals surface area (Å²) in [6, 6.07) is 22.4. The van der Waals surface area contributed by atoms with E-state index in [4.69, 9.17) is 0 Å². The largest absolute Gasteiger partial charge is 0.337 e. The molecule has 0 unspecified atom stereocenters. The molecule has 3 rings (SSSR count). The van der Waals surface area contributed by atoms with Gasteiger partial charge in [-0.25, -0.2) is 0 Å². The molecule has 1 aliphatic rings. The predicted molar refractivity (Wildman–Crippen MR) is 97.7 cm³/mol. The Morgan fingerprint density at radius 2 is 1.52 bits per heavy atom. The maximum Gasteiger partial charge on any atom is 0.235 e. The van der Waals surface area contributed by atoms with E-state index in [0.717, 1.165) is 36.8 Å². The van der Waals surface area contributed by atoms with Crippen molar-refractivity contribution in [3.63, 3.8) is 0 Å². The second kappa shape index (κ2) is 7.96. The molecule has 4 nitrogen and oxygen atoms in total. The molecule has 2 aromatic carbocycles. The number of hydrogen-bond donors (Lipinski definition) is 2. The molecule has 0 atom stereocenters. The van der Waals surface area contributed by atoms with Crippen molar-refractivity contribution in [3.05, 3.63) is 71.8 Å². The number of hydrogen-bond acceptors (Lipinski definition) is 3. The summed E-state index contributed by atoms with van der Waals surface area (Å²) in [7, 11) is 0. The average Bonchev–Trinajstić information content (AvgIpc) is 3.12. The molecule has 4 heteroatoms. The van der Waals surface area contributed by atoms with Gasteiger partial charge in [0.2, 0.25) is 5.91 Å². The molecule has 2 aromatic rings. The first-order chi connectivity index (χ1) is 12.2. The van der Waals surface area contributed by atoms with E-state index in [2.05, 4.69) is 41.0 Å². The van der Waals surface area contributed by atoms with E-state index in [1.807, 2.05) is 36.4 Å². The molecular formula is C21H23N3O. The lowest BCUT2D eigenvalue weighted by Crippen LogP contribution is -2.48. The Hall–Kier alpha value is -2.64. The van der Waals surface area contributed by atoms with Crippen molar-refractivity contribution < 1.29 is 4.79 Å². The van der Waals surface area contributed by atoms with Gasteiger partial charge >= 0.3 is 0 Å². The van der Waals surface area contributed by atoms with Gasteiger partial charge in [0.1, 0.15) is 5.54 Å². The molecule has 0 aliphatic heterocycles. The summed E-state index contributed by atoms with van der Waals surface area (Å²) in [5, 5.41) is 15.7. The van der Waals surface area contributed by atoms with Crippen molar-refractivity contribution >= 4 is 5.91 Å². The molecule has 1 aliphatic carbocycles. The van der Waals surface area contributed by atoms with E-state index in [1.54, 1.807) is 0 Å². The maximum absolute atomic E-state index is 12.4. The van der Waals surface area contributed by atoms with Crippen LogP contribution >= 0.6 is 0 Å². The Morgan fingerprint density at radius 3 is 2.00 bits per heavy atom. The summed E-state index contributed by atoms with van der Waals surface area (Å²) in [5.41, 5.74) is 1.54. The van der Waals surface area contributed by atoms with Crippen molar-refractivity contribution in [1.29, 1.82) is 5.26 Å². The van der Waals surface area contributed by atoms with Gasteiger partial charge in [-0.15, -0.1) is 0 Å². The van der Waals surface area contributed by atoms with E-state index in [0.29, 0.717) is 0 Å². The molecule has 1 fully saturated rings. The van der Waals surface area contributed by atoms with Crippen molar-refractivity contribution in [3.8, 4) is 6.07 Å². The minimum atomic E-state index is -0.673. The van der Waals surface area contributed by atoms with Gasteiger partial charge in [-0.2, -0.15) is 5.26 Å². The van der Waals surface area contributed by atoms with Gasteiger partial charge in [-0.3, -0.25) is 10.1 Å². The van der Waals surface area contributed by atoms with Crippen molar-refractivity contribution in [2.45, 2.75) is 37.3 Å². The summed E-state index contributed by atoms with van der Waals surface area (Å²) in [6.45, 7) is 0.178. The van der Waals surface area contributed by atoms with E-state index < -0.39 is 5.54 Å². The molecule has 0 saturated heterocycles. The second-order valence-corrected chi connectivity index (χ2v) is 6.58. The van der Waals surface area contributed by atoms with E-state index in [9.17, 15) is 10.1 Å². The number of carbonyl (C=O) groups is 1. The normalized spacial score (nSPS) is 15.7. The Kier molecular flexibility index (Phi) is 5.47. The highest BCUT2D eigenvalue weighted by atomic mass is 16.2. The standard InChI is InChI=1S/C21H23N3O/c22-16-21(13-7-8-14-21)24-19(25)15-23-20(17-9-3-1-4-10-17)18-11-5-2-6-12-18/h1-6,9-12,20,23H,7-8,13-15H2,(H,24,25). The Balaban J connectivity index is 1.69. The maximum atomic E-state index is 12.4. The van der Waals surface area contributed by atoms with E-state index in [-0.39, 0.29) is 18.5 Å². The molecule has 1 saturated carbocycles. The quantitative estimate of drug-likeness (QED) is 0.852. The van der Waals surface area contributed by atoms with E-state index >= 15 is 0 Å². The zero-order valence-electron chi connectivity index (χ0n) is 14.2. The molecule has 25 heavy (non-hydrogen) atoms. The van der Waals surface area contributed by atoms with Gasteiger partial charge in [0.25, 0.3) is 0 Å². The summed E-state index contributed by atoms with van der Waals surface area (Å²) < 4.78 is 0. The van der Waals surface area contributed by atoms with Crippen LogP contribution < -0.4 is 10.6 Å². The molecule has 0 heterocycles. The van der Waals surface area contributed by atoms with Gasteiger partial charge < -0.3 is 5.32 Å². The van der Waals surface area contributed by atoms with Gasteiger partial charge in [0.15, 0.2) is 0 Å². The number of benzene rings is 2. The molecule has 0 aromatic heterocycles. The summed E-state index contributed by atoms with van der Waals surface area (Å²) in [4.78, 5) is 12.4. The van der Waals surface area contributed by atoms with Crippen LogP contribution in [0.1, 0.15) is 42.9 Å². The third-order valence-electron chi connectivity index (χ3n) is 4.78. The van der Waals surface area contributed by atoms with Crippen molar-refractivity contribution in [2.75, 3.05) is 6.54 Å². The zero-order chi connectivity index (χ0) is 17.5. The minimum absolute atomic E-state index is 0.0604. The van der Waals surface area contributed by atoms with Crippen LogP contribution in [0.25, 0.3) is 0 Å². The van der Waals surface area contributed by atoms with Gasteiger partial charge in [-0.05, 0) is 36.8 Å². The monoisotopic (exact) mass is 333 g/mol. The second-order valence-electron chi connectivity index (χ2n) is 6.58. The van der Waals surface area contributed by atoms with Crippen LogP contribution in [-0.4, -0.2) is 18.0 Å². The van der Waals surface area contributed by atoms with Crippen LogP contribution in [0.3, 0.4) is 0 Å². The molecule has 0 bridgehead atoms. The molecule has 0 radical (unpaired) electrons. The average molecular weight is 333 g/mol. The third-order valence-corrected chi connectivity index (χ3v) is 4.78. The first-order valence-corrected chi connectivity index (χ1v) is 8.78.